The lowest BCUT2D eigenvalue weighted by atomic mass is 10.0. The van der Waals surface area contributed by atoms with Gasteiger partial charge in [-0.2, -0.15) is 0 Å². The molecule has 0 radical (unpaired) electrons. The van der Waals surface area contributed by atoms with E-state index in [0.29, 0.717) is 16.8 Å². The summed E-state index contributed by atoms with van der Waals surface area (Å²) >= 11 is 0. The van der Waals surface area contributed by atoms with Crippen LogP contribution in [0.3, 0.4) is 0 Å². The maximum atomic E-state index is 12.2. The van der Waals surface area contributed by atoms with Gasteiger partial charge in [0.15, 0.2) is 0 Å². The van der Waals surface area contributed by atoms with Gasteiger partial charge in [-0.05, 0) is 38.1 Å². The van der Waals surface area contributed by atoms with E-state index in [2.05, 4.69) is 4.98 Å². The number of carbonyl (C=O) groups is 1. The predicted octanol–water partition coefficient (Wildman–Crippen LogP) is 2.86. The molecule has 0 bridgehead atoms. The second-order valence-electron chi connectivity index (χ2n) is 3.41. The molecule has 2 rings (SSSR count). The molecule has 1 aromatic heterocycles. The zero-order valence-corrected chi connectivity index (χ0v) is 8.64. The van der Waals surface area contributed by atoms with E-state index in [1.807, 2.05) is 0 Å². The van der Waals surface area contributed by atoms with Crippen LogP contribution >= 0.6 is 0 Å². The van der Waals surface area contributed by atoms with Crippen LogP contribution in [0.25, 0.3) is 0 Å². The lowest BCUT2D eigenvalue weighted by Crippen LogP contribution is -2.02. The highest BCUT2D eigenvalue weighted by molar-refractivity contribution is 6.07. The summed E-state index contributed by atoms with van der Waals surface area (Å²) in [5.41, 5.74) is 1.27. The van der Waals surface area contributed by atoms with Crippen LogP contribution in [0.15, 0.2) is 36.5 Å². The number of aromatic nitrogens is 1. The Bertz CT molecular complexity index is 589. The highest BCUT2D eigenvalue weighted by atomic mass is 16.1. The van der Waals surface area contributed by atoms with Gasteiger partial charge in [-0.1, -0.05) is 17.2 Å². The van der Waals surface area contributed by atoms with Gasteiger partial charge in [-0.3, -0.25) is 4.79 Å². The molecule has 15 heavy (non-hydrogen) atoms. The maximum Gasteiger partial charge on any atom is 0.209 e. The lowest BCUT2D eigenvalue weighted by Gasteiger charge is -2.02. The number of carbonyl (C=O) groups excluding carboxylic acids is 1. The first-order valence-corrected chi connectivity index (χ1v) is 4.70. The van der Waals surface area contributed by atoms with Crippen molar-refractivity contribution in [3.63, 3.8) is 0 Å². The van der Waals surface area contributed by atoms with Crippen molar-refractivity contribution in [1.29, 1.82) is 0 Å². The van der Waals surface area contributed by atoms with Crippen LogP contribution in [0.4, 0.5) is 0 Å². The monoisotopic (exact) mass is 202 g/mol. The molecule has 0 amide bonds. The Labute approximate surface area is 93.2 Å². The molecule has 1 N–H and O–H groups in total. The van der Waals surface area contributed by atoms with Crippen LogP contribution in [0, 0.1) is 13.8 Å². The molecule has 0 unspecified atom stereocenters. The standard InChI is InChI=1S/C13H13NO/c1-9-6-10(2)8-11(7-9)13(15)12-4-3-5-14-12/h3-8,14H,1-2H3/i6D,7D,8D. The minimum atomic E-state index is -0.374. The highest BCUT2D eigenvalue weighted by Gasteiger charge is 2.09. The molecule has 0 saturated carbocycles. The molecular formula is C13H13NO. The molecular weight excluding hydrogens is 186 g/mol. The normalized spacial score (nSPS) is 13.1. The molecule has 0 aliphatic rings. The van der Waals surface area contributed by atoms with E-state index >= 15 is 0 Å². The molecule has 1 heterocycles. The second-order valence-corrected chi connectivity index (χ2v) is 3.41. The summed E-state index contributed by atoms with van der Waals surface area (Å²) in [5, 5.41) is 0. The van der Waals surface area contributed by atoms with E-state index in [0.717, 1.165) is 0 Å². The smallest absolute Gasteiger partial charge is 0.209 e. The van der Waals surface area contributed by atoms with E-state index in [1.54, 1.807) is 32.2 Å². The summed E-state index contributed by atoms with van der Waals surface area (Å²) in [5.74, 6) is -0.374. The molecule has 76 valence electrons. The third-order valence-electron chi connectivity index (χ3n) is 2.07. The van der Waals surface area contributed by atoms with Crippen LogP contribution < -0.4 is 0 Å². The van der Waals surface area contributed by atoms with Gasteiger partial charge in [-0.15, -0.1) is 0 Å². The van der Waals surface area contributed by atoms with Crippen molar-refractivity contribution in [2.24, 2.45) is 0 Å². The van der Waals surface area contributed by atoms with Gasteiger partial charge < -0.3 is 4.98 Å². The minimum Gasteiger partial charge on any atom is -0.359 e. The number of ketones is 1. The van der Waals surface area contributed by atoms with Crippen LogP contribution in [-0.4, -0.2) is 10.8 Å². The van der Waals surface area contributed by atoms with Gasteiger partial charge in [0, 0.05) is 11.8 Å². The van der Waals surface area contributed by atoms with Gasteiger partial charge in [0.2, 0.25) is 5.78 Å². The average molecular weight is 202 g/mol. The van der Waals surface area contributed by atoms with Gasteiger partial charge in [0.25, 0.3) is 0 Å². The Balaban J connectivity index is 2.69. The zero-order valence-electron chi connectivity index (χ0n) is 11.6. The first kappa shape index (κ1) is 6.62. The van der Waals surface area contributed by atoms with Crippen molar-refractivity contribution < 1.29 is 8.91 Å². The molecule has 2 nitrogen and oxygen atoms in total. The van der Waals surface area contributed by atoms with Crippen molar-refractivity contribution in [2.45, 2.75) is 13.8 Å². The van der Waals surface area contributed by atoms with Crippen LogP contribution in [0.2, 0.25) is 0 Å². The van der Waals surface area contributed by atoms with E-state index < -0.39 is 0 Å². The third-order valence-corrected chi connectivity index (χ3v) is 2.07. The predicted molar refractivity (Wildman–Crippen MR) is 60.1 cm³/mol. The van der Waals surface area contributed by atoms with Crippen molar-refractivity contribution in [3.05, 3.63) is 58.8 Å². The summed E-state index contributed by atoms with van der Waals surface area (Å²) in [7, 11) is 0. The van der Waals surface area contributed by atoms with Crippen molar-refractivity contribution in [1.82, 2.24) is 4.98 Å². The van der Waals surface area contributed by atoms with Crippen molar-refractivity contribution >= 4 is 5.78 Å². The molecule has 0 saturated heterocycles. The number of H-pyrrole nitrogens is 1. The first-order valence-electron chi connectivity index (χ1n) is 6.20. The van der Waals surface area contributed by atoms with Gasteiger partial charge in [-0.25, -0.2) is 0 Å². The molecule has 0 spiro atoms. The fourth-order valence-electron chi connectivity index (χ4n) is 1.47. The van der Waals surface area contributed by atoms with Crippen LogP contribution in [0.1, 0.15) is 31.3 Å². The minimum absolute atomic E-state index is 0.0322. The quantitative estimate of drug-likeness (QED) is 0.746. The number of benzene rings is 1. The lowest BCUT2D eigenvalue weighted by molar-refractivity contribution is 0.103. The number of aromatic amines is 1. The summed E-state index contributed by atoms with van der Waals surface area (Å²) in [6.07, 6.45) is 1.62. The Kier molecular flexibility index (Phi) is 1.65. The molecule has 0 fully saturated rings. The molecule has 2 heteroatoms. The SMILES string of the molecule is [2H]c1c(C)c([2H])c(C(=O)c2ccc[nH]2)c([2H])c1C. The molecule has 0 aliphatic carbocycles. The second kappa shape index (κ2) is 3.73. The topological polar surface area (TPSA) is 32.9 Å². The molecule has 0 atom stereocenters. The van der Waals surface area contributed by atoms with Crippen LogP contribution in [0.5, 0.6) is 0 Å². The molecule has 1 aromatic carbocycles. The Hall–Kier alpha value is -1.83. The summed E-state index contributed by atoms with van der Waals surface area (Å²) in [4.78, 5) is 15.0. The Morgan fingerprint density at radius 3 is 2.47 bits per heavy atom. The molecule has 0 aliphatic heterocycles. The number of hydrogen-bond donors (Lipinski definition) is 1. The Morgan fingerprint density at radius 1 is 1.27 bits per heavy atom. The van der Waals surface area contributed by atoms with Gasteiger partial charge in [0.05, 0.1) is 9.81 Å². The molecule has 2 aromatic rings. The van der Waals surface area contributed by atoms with Gasteiger partial charge >= 0.3 is 0 Å². The number of rotatable bonds is 2. The van der Waals surface area contributed by atoms with E-state index in [1.165, 1.54) is 0 Å². The maximum absolute atomic E-state index is 12.2. The number of nitrogens with one attached hydrogen (secondary N) is 1. The van der Waals surface area contributed by atoms with Crippen LogP contribution in [-0.2, 0) is 0 Å². The summed E-state index contributed by atoms with van der Waals surface area (Å²) < 4.78 is 23.6. The average Bonchev–Trinajstić information content (AvgIpc) is 2.88. The highest BCUT2D eigenvalue weighted by Crippen LogP contribution is 2.12. The van der Waals surface area contributed by atoms with Crippen molar-refractivity contribution in [2.75, 3.05) is 0 Å². The fourth-order valence-corrected chi connectivity index (χ4v) is 1.47. The Morgan fingerprint density at radius 2 is 1.93 bits per heavy atom. The van der Waals surface area contributed by atoms with Gasteiger partial charge in [0.1, 0.15) is 0 Å². The van der Waals surface area contributed by atoms with E-state index in [9.17, 15) is 4.79 Å². The summed E-state index contributed by atoms with van der Waals surface area (Å²) in [6.45, 7) is 3.26. The zero-order chi connectivity index (χ0) is 13.4. The van der Waals surface area contributed by atoms with Crippen molar-refractivity contribution in [3.8, 4) is 0 Å². The fraction of sp³-hybridized carbons (Fsp3) is 0.154. The third kappa shape index (κ3) is 1.99. The van der Waals surface area contributed by atoms with E-state index in [4.69, 9.17) is 4.11 Å². The largest absolute Gasteiger partial charge is 0.359 e. The number of hydrogen-bond acceptors (Lipinski definition) is 1. The van der Waals surface area contributed by atoms with E-state index in [-0.39, 0.29) is 29.5 Å². The summed E-state index contributed by atoms with van der Waals surface area (Å²) in [6, 6.07) is 3.40. The first-order chi connectivity index (χ1) is 8.45.